The minimum Gasteiger partial charge on any atom is -0.385 e. The molecule has 4 fully saturated rings. The van der Waals surface area contributed by atoms with Gasteiger partial charge in [-0.3, -0.25) is 43.7 Å². The summed E-state index contributed by atoms with van der Waals surface area (Å²) in [5.41, 5.74) is 5.72. The van der Waals surface area contributed by atoms with Crippen LogP contribution in [-0.4, -0.2) is 90.7 Å². The fraction of sp³-hybridized carbons (Fsp3) is 0.472. The Labute approximate surface area is 283 Å². The molecule has 1 atom stereocenters. The van der Waals surface area contributed by atoms with Gasteiger partial charge in [0, 0.05) is 47.9 Å². The first-order valence-corrected chi connectivity index (χ1v) is 17.5. The van der Waals surface area contributed by atoms with Crippen molar-refractivity contribution in [2.75, 3.05) is 32.0 Å². The number of hydrogen-bond donors (Lipinski definition) is 2. The lowest BCUT2D eigenvalue weighted by Gasteiger charge is -2.35. The van der Waals surface area contributed by atoms with E-state index >= 15 is 0 Å². The normalized spacial score (nSPS) is 24.8. The topological polar surface area (TPSA) is 147 Å². The minimum absolute atomic E-state index is 0.0958. The van der Waals surface area contributed by atoms with Gasteiger partial charge in [-0.2, -0.15) is 10.2 Å². The highest BCUT2D eigenvalue weighted by atomic mass is 16.2. The van der Waals surface area contributed by atoms with Crippen LogP contribution in [0.3, 0.4) is 0 Å². The van der Waals surface area contributed by atoms with E-state index in [0.717, 1.165) is 96.6 Å². The third kappa shape index (κ3) is 5.31. The highest BCUT2D eigenvalue weighted by molar-refractivity contribution is 6.23. The number of piperidine rings is 2. The first kappa shape index (κ1) is 30.2. The molecule has 0 radical (unpaired) electrons. The molecule has 3 aliphatic heterocycles. The molecule has 2 aliphatic carbocycles. The summed E-state index contributed by atoms with van der Waals surface area (Å²) >= 11 is 0. The number of carbonyl (C=O) groups excluding carboxylic acids is 4. The van der Waals surface area contributed by atoms with Crippen LogP contribution in [0.25, 0.3) is 22.2 Å². The quantitative estimate of drug-likeness (QED) is 0.268. The second kappa shape index (κ2) is 11.6. The number of likely N-dealkylation sites (tertiary alicyclic amines) is 1. The van der Waals surface area contributed by atoms with E-state index in [-0.39, 0.29) is 29.9 Å². The van der Waals surface area contributed by atoms with Crippen molar-refractivity contribution in [3.63, 3.8) is 0 Å². The molecule has 4 amide bonds. The van der Waals surface area contributed by atoms with Gasteiger partial charge in [0.1, 0.15) is 6.04 Å². The minimum atomic E-state index is -0.970. The average Bonchev–Trinajstić information content (AvgIpc) is 3.61. The first-order valence-electron chi connectivity index (χ1n) is 17.5. The van der Waals surface area contributed by atoms with E-state index in [1.165, 1.54) is 0 Å². The number of amides is 4. The number of aromatic nitrogens is 5. The molecule has 3 aromatic heterocycles. The maximum Gasteiger partial charge on any atom is 0.262 e. The van der Waals surface area contributed by atoms with Crippen molar-refractivity contribution in [1.29, 1.82) is 0 Å². The molecule has 13 heteroatoms. The second-order valence-corrected chi connectivity index (χ2v) is 14.5. The van der Waals surface area contributed by atoms with E-state index in [1.807, 2.05) is 12.4 Å². The maximum absolute atomic E-state index is 13.2. The van der Waals surface area contributed by atoms with Crippen LogP contribution < -0.4 is 10.6 Å². The van der Waals surface area contributed by atoms with Crippen LogP contribution in [0.2, 0.25) is 0 Å². The summed E-state index contributed by atoms with van der Waals surface area (Å²) in [6.07, 6.45) is 12.8. The highest BCUT2D eigenvalue weighted by Crippen LogP contribution is 2.46. The number of benzene rings is 1. The van der Waals surface area contributed by atoms with Gasteiger partial charge in [-0.25, -0.2) is 0 Å². The first-order chi connectivity index (χ1) is 23.8. The molecular weight excluding hydrogens is 622 g/mol. The molecule has 6 heterocycles. The van der Waals surface area contributed by atoms with Crippen LogP contribution >= 0.6 is 0 Å². The van der Waals surface area contributed by atoms with E-state index < -0.39 is 23.8 Å². The molecule has 2 N–H and O–H groups in total. The Morgan fingerprint density at radius 2 is 1.69 bits per heavy atom. The Morgan fingerprint density at radius 3 is 2.47 bits per heavy atom. The van der Waals surface area contributed by atoms with Crippen LogP contribution in [0.15, 0.2) is 42.9 Å². The summed E-state index contributed by atoms with van der Waals surface area (Å²) in [5, 5.41) is 16.7. The zero-order valence-corrected chi connectivity index (χ0v) is 27.5. The van der Waals surface area contributed by atoms with E-state index in [9.17, 15) is 19.2 Å². The van der Waals surface area contributed by atoms with Crippen molar-refractivity contribution in [3.8, 4) is 11.3 Å². The summed E-state index contributed by atoms with van der Waals surface area (Å²) in [6.45, 7) is 2.90. The van der Waals surface area contributed by atoms with Gasteiger partial charge in [-0.05, 0) is 95.3 Å². The van der Waals surface area contributed by atoms with Crippen molar-refractivity contribution in [3.05, 3.63) is 59.7 Å². The van der Waals surface area contributed by atoms with Gasteiger partial charge in [-0.1, -0.05) is 0 Å². The zero-order valence-electron chi connectivity index (χ0n) is 27.5. The number of imide groups is 2. The maximum atomic E-state index is 13.2. The number of nitrogens with zero attached hydrogens (tertiary/aromatic N) is 7. The van der Waals surface area contributed by atoms with E-state index in [2.05, 4.69) is 44.2 Å². The van der Waals surface area contributed by atoms with Crippen LogP contribution in [0.4, 0.5) is 5.69 Å². The van der Waals surface area contributed by atoms with E-state index in [4.69, 9.17) is 15.2 Å². The fourth-order valence-electron chi connectivity index (χ4n) is 7.99. The monoisotopic (exact) mass is 661 g/mol. The largest absolute Gasteiger partial charge is 0.385 e. The van der Waals surface area contributed by atoms with E-state index in [0.29, 0.717) is 23.9 Å². The summed E-state index contributed by atoms with van der Waals surface area (Å²) < 4.78 is 4.37. The number of fused-ring (bicyclic) bond motifs is 2. The zero-order chi connectivity index (χ0) is 33.4. The van der Waals surface area contributed by atoms with Gasteiger partial charge in [0.15, 0.2) is 0 Å². The molecule has 1 unspecified atom stereocenters. The predicted molar refractivity (Wildman–Crippen MR) is 180 cm³/mol. The molecular formula is C36H39N9O4. The molecule has 4 aromatic rings. The molecule has 13 nitrogen and oxygen atoms in total. The molecule has 5 aliphatic rings. The molecule has 1 aromatic carbocycles. The Hall–Kier alpha value is -4.91. The number of carbonyl (C=O) groups is 4. The van der Waals surface area contributed by atoms with Gasteiger partial charge in [0.2, 0.25) is 11.8 Å². The Balaban J connectivity index is 0.863. The standard InChI is InChI=1S/C36H39N9O4/c1-42-10-8-24(9-11-42)45-31-15-29(38-17-22(31)18-39-45)28-19-43(41-33(28)21-2-3-21)25-12-20(13-25)16-37-23-4-5-26-27(14-23)36(49)44(35(26)48)30-6-7-32(46)40-34(30)47/h4-5,14-15,17-21,24-25,30,37H,2-3,6-13,16H2,1H3,(H,40,46,47). The van der Waals surface area contributed by atoms with Crippen molar-refractivity contribution in [1.82, 2.24) is 39.7 Å². The van der Waals surface area contributed by atoms with Gasteiger partial charge < -0.3 is 10.2 Å². The number of nitrogens with one attached hydrogen (secondary N) is 2. The van der Waals surface area contributed by atoms with Crippen molar-refractivity contribution in [2.24, 2.45) is 5.92 Å². The summed E-state index contributed by atoms with van der Waals surface area (Å²) in [4.78, 5) is 58.5. The number of anilines is 1. The molecule has 2 saturated carbocycles. The molecule has 252 valence electrons. The van der Waals surface area contributed by atoms with Crippen molar-refractivity contribution >= 4 is 40.2 Å². The Kier molecular flexibility index (Phi) is 7.15. The van der Waals surface area contributed by atoms with Gasteiger partial charge >= 0.3 is 0 Å². The number of pyridine rings is 1. The van der Waals surface area contributed by atoms with Gasteiger partial charge in [-0.15, -0.1) is 0 Å². The van der Waals surface area contributed by atoms with Crippen LogP contribution in [-0.2, 0) is 9.59 Å². The molecule has 0 spiro atoms. The van der Waals surface area contributed by atoms with Gasteiger partial charge in [0.05, 0.1) is 46.3 Å². The summed E-state index contributed by atoms with van der Waals surface area (Å²) in [6, 6.07) is 7.10. The van der Waals surface area contributed by atoms with Crippen LogP contribution in [0.1, 0.15) is 95.8 Å². The average molecular weight is 662 g/mol. The third-order valence-electron chi connectivity index (χ3n) is 11.1. The summed E-state index contributed by atoms with van der Waals surface area (Å²) in [7, 11) is 2.18. The highest BCUT2D eigenvalue weighted by Gasteiger charge is 2.45. The lowest BCUT2D eigenvalue weighted by Crippen LogP contribution is -2.54. The lowest BCUT2D eigenvalue weighted by molar-refractivity contribution is -0.136. The summed E-state index contributed by atoms with van der Waals surface area (Å²) in [5.74, 6) is -1.06. The van der Waals surface area contributed by atoms with Crippen molar-refractivity contribution in [2.45, 2.75) is 75.4 Å². The van der Waals surface area contributed by atoms with Crippen LogP contribution in [0.5, 0.6) is 0 Å². The Bertz CT molecular complexity index is 2020. The smallest absolute Gasteiger partial charge is 0.262 e. The molecule has 0 bridgehead atoms. The van der Waals surface area contributed by atoms with Crippen molar-refractivity contribution < 1.29 is 19.2 Å². The SMILES string of the molecule is CN1CCC(n2ncc3cnc(-c4cn(C5CC(CNc6ccc7c(c6)C(=O)N(C6CCC(=O)NC6=O)C7=O)C5)nc4C4CC4)cc32)CC1. The number of hydrogen-bond acceptors (Lipinski definition) is 9. The third-order valence-corrected chi connectivity index (χ3v) is 11.1. The van der Waals surface area contributed by atoms with Crippen LogP contribution in [0, 0.1) is 5.92 Å². The lowest BCUT2D eigenvalue weighted by atomic mass is 9.80. The molecule has 49 heavy (non-hydrogen) atoms. The predicted octanol–water partition coefficient (Wildman–Crippen LogP) is 3.90. The van der Waals surface area contributed by atoms with E-state index in [1.54, 1.807) is 18.2 Å². The molecule has 9 rings (SSSR count). The van der Waals surface area contributed by atoms with Gasteiger partial charge in [0.25, 0.3) is 11.8 Å². The molecule has 2 saturated heterocycles. The number of rotatable bonds is 8. The fourth-order valence-corrected chi connectivity index (χ4v) is 7.99. The Morgan fingerprint density at radius 1 is 0.898 bits per heavy atom. The second-order valence-electron chi connectivity index (χ2n) is 14.5.